The highest BCUT2D eigenvalue weighted by Crippen LogP contribution is 2.66. The average Bonchev–Trinajstić information content (AvgIpc) is 2.79. The third kappa shape index (κ3) is 1.96. The average molecular weight is 334 g/mol. The van der Waals surface area contributed by atoms with E-state index in [1.54, 1.807) is 0 Å². The number of aliphatic hydroxyl groups excluding tert-OH is 1. The standard InChI is InChI=1S/C20H30O4/c1-11-12-5-6-15-18(2,3)8-7-16(21)19(15,4)14(12)10-20(23)13(11)9-17(22)24-20/h9,11-12,14-16,21,23H,5-8,10H2,1-4H3/t11-,12-,14-,15-,16+,19-,20-/m1/s1. The van der Waals surface area contributed by atoms with Gasteiger partial charge in [-0.2, -0.15) is 0 Å². The predicted octanol–water partition coefficient (Wildman–Crippen LogP) is 3.03. The van der Waals surface area contributed by atoms with Crippen LogP contribution in [0.2, 0.25) is 0 Å². The van der Waals surface area contributed by atoms with Crippen LogP contribution in [0.15, 0.2) is 11.6 Å². The van der Waals surface area contributed by atoms with Crippen LogP contribution in [0.5, 0.6) is 0 Å². The van der Waals surface area contributed by atoms with Gasteiger partial charge in [0.05, 0.1) is 6.10 Å². The second kappa shape index (κ2) is 4.85. The van der Waals surface area contributed by atoms with Crippen LogP contribution in [-0.4, -0.2) is 28.1 Å². The molecule has 3 fully saturated rings. The van der Waals surface area contributed by atoms with Gasteiger partial charge in [-0.25, -0.2) is 4.79 Å². The molecule has 0 amide bonds. The molecule has 0 aromatic rings. The van der Waals surface area contributed by atoms with Crippen molar-refractivity contribution in [3.05, 3.63) is 11.6 Å². The van der Waals surface area contributed by atoms with Crippen molar-refractivity contribution in [2.75, 3.05) is 0 Å². The molecule has 0 unspecified atom stereocenters. The molecule has 4 rings (SSSR count). The fourth-order valence-electron chi connectivity index (χ4n) is 6.94. The van der Waals surface area contributed by atoms with E-state index in [1.807, 2.05) is 0 Å². The monoisotopic (exact) mass is 334 g/mol. The van der Waals surface area contributed by atoms with Crippen LogP contribution in [0.1, 0.15) is 59.8 Å². The largest absolute Gasteiger partial charge is 0.426 e. The highest BCUT2D eigenvalue weighted by molar-refractivity contribution is 5.86. The van der Waals surface area contributed by atoms with E-state index >= 15 is 0 Å². The van der Waals surface area contributed by atoms with Crippen LogP contribution in [-0.2, 0) is 9.53 Å². The summed E-state index contributed by atoms with van der Waals surface area (Å²) in [6.07, 6.45) is 5.67. The molecule has 3 saturated carbocycles. The van der Waals surface area contributed by atoms with Crippen molar-refractivity contribution in [2.24, 2.45) is 34.5 Å². The molecule has 4 aliphatic rings. The van der Waals surface area contributed by atoms with E-state index in [-0.39, 0.29) is 28.8 Å². The SMILES string of the molecule is C[C@H]1C2=CC(=O)O[C@]2(O)C[C@@H]2[C@@H]1CC[C@@H]1C(C)(C)CC[C@H](O)[C@]21C. The van der Waals surface area contributed by atoms with Crippen molar-refractivity contribution < 1.29 is 19.7 Å². The first-order valence-electron chi connectivity index (χ1n) is 9.45. The number of hydrogen-bond donors (Lipinski definition) is 2. The fraction of sp³-hybridized carbons (Fsp3) is 0.850. The van der Waals surface area contributed by atoms with Crippen molar-refractivity contribution in [1.82, 2.24) is 0 Å². The lowest BCUT2D eigenvalue weighted by Gasteiger charge is -2.64. The van der Waals surface area contributed by atoms with Crippen LogP contribution in [0, 0.1) is 34.5 Å². The van der Waals surface area contributed by atoms with E-state index in [0.29, 0.717) is 18.3 Å². The Kier molecular flexibility index (Phi) is 3.35. The van der Waals surface area contributed by atoms with Gasteiger partial charge in [0.25, 0.3) is 0 Å². The van der Waals surface area contributed by atoms with Crippen molar-refractivity contribution in [3.8, 4) is 0 Å². The molecule has 3 aliphatic carbocycles. The Hall–Kier alpha value is -0.870. The molecule has 1 heterocycles. The van der Waals surface area contributed by atoms with E-state index in [2.05, 4.69) is 27.7 Å². The van der Waals surface area contributed by atoms with Crippen molar-refractivity contribution in [3.63, 3.8) is 0 Å². The quantitative estimate of drug-likeness (QED) is 0.668. The first-order chi connectivity index (χ1) is 11.1. The molecular weight excluding hydrogens is 304 g/mol. The smallest absolute Gasteiger partial charge is 0.333 e. The van der Waals surface area contributed by atoms with Gasteiger partial charge in [-0.3, -0.25) is 0 Å². The Morgan fingerprint density at radius 3 is 2.62 bits per heavy atom. The lowest BCUT2D eigenvalue weighted by atomic mass is 9.42. The van der Waals surface area contributed by atoms with Gasteiger partial charge in [-0.05, 0) is 54.8 Å². The first-order valence-corrected chi connectivity index (χ1v) is 9.45. The van der Waals surface area contributed by atoms with E-state index in [4.69, 9.17) is 4.74 Å². The molecule has 0 radical (unpaired) electrons. The number of fused-ring (bicyclic) bond motifs is 4. The summed E-state index contributed by atoms with van der Waals surface area (Å²) >= 11 is 0. The maximum Gasteiger partial charge on any atom is 0.333 e. The molecular formula is C20H30O4. The molecule has 1 aliphatic heterocycles. The van der Waals surface area contributed by atoms with Crippen LogP contribution < -0.4 is 0 Å². The van der Waals surface area contributed by atoms with Gasteiger partial charge in [0.2, 0.25) is 5.79 Å². The summed E-state index contributed by atoms with van der Waals surface area (Å²) in [5.74, 6) is -0.748. The maximum absolute atomic E-state index is 11.8. The molecule has 24 heavy (non-hydrogen) atoms. The van der Waals surface area contributed by atoms with Gasteiger partial charge in [0, 0.05) is 23.5 Å². The number of aliphatic hydroxyl groups is 2. The number of rotatable bonds is 0. The molecule has 0 aromatic carbocycles. The van der Waals surface area contributed by atoms with Gasteiger partial charge in [0.1, 0.15) is 0 Å². The maximum atomic E-state index is 11.8. The number of carbonyl (C=O) groups excluding carboxylic acids is 1. The molecule has 0 spiro atoms. The molecule has 0 aromatic heterocycles. The van der Waals surface area contributed by atoms with Crippen LogP contribution in [0.3, 0.4) is 0 Å². The van der Waals surface area contributed by atoms with Crippen LogP contribution in [0.4, 0.5) is 0 Å². The van der Waals surface area contributed by atoms with Gasteiger partial charge in [0.15, 0.2) is 0 Å². The van der Waals surface area contributed by atoms with Crippen LogP contribution >= 0.6 is 0 Å². The minimum atomic E-state index is -1.45. The Labute approximate surface area is 144 Å². The molecule has 134 valence electrons. The topological polar surface area (TPSA) is 66.8 Å². The summed E-state index contributed by atoms with van der Waals surface area (Å²) < 4.78 is 5.33. The Balaban J connectivity index is 1.77. The normalized spacial score (nSPS) is 52.7. The number of hydrogen-bond acceptors (Lipinski definition) is 4. The van der Waals surface area contributed by atoms with Crippen molar-refractivity contribution in [1.29, 1.82) is 0 Å². The molecule has 7 atom stereocenters. The number of ether oxygens (including phenoxy) is 1. The summed E-state index contributed by atoms with van der Waals surface area (Å²) in [4.78, 5) is 11.8. The summed E-state index contributed by atoms with van der Waals surface area (Å²) in [5, 5.41) is 22.0. The summed E-state index contributed by atoms with van der Waals surface area (Å²) in [6, 6.07) is 0. The molecule has 2 N–H and O–H groups in total. The van der Waals surface area contributed by atoms with E-state index in [9.17, 15) is 15.0 Å². The molecule has 0 saturated heterocycles. The summed E-state index contributed by atoms with van der Waals surface area (Å²) in [5.41, 5.74) is 0.725. The summed E-state index contributed by atoms with van der Waals surface area (Å²) in [7, 11) is 0. The minimum absolute atomic E-state index is 0.121. The third-order valence-electron chi connectivity index (χ3n) is 8.20. The second-order valence-electron chi connectivity index (χ2n) is 9.61. The van der Waals surface area contributed by atoms with E-state index in [0.717, 1.165) is 31.3 Å². The zero-order valence-electron chi connectivity index (χ0n) is 15.2. The Morgan fingerprint density at radius 2 is 1.92 bits per heavy atom. The number of esters is 1. The molecule has 4 heteroatoms. The van der Waals surface area contributed by atoms with Crippen molar-refractivity contribution in [2.45, 2.75) is 71.7 Å². The zero-order valence-corrected chi connectivity index (χ0v) is 15.2. The van der Waals surface area contributed by atoms with Gasteiger partial charge < -0.3 is 14.9 Å². The number of carbonyl (C=O) groups is 1. The second-order valence-corrected chi connectivity index (χ2v) is 9.61. The van der Waals surface area contributed by atoms with Crippen LogP contribution in [0.25, 0.3) is 0 Å². The Morgan fingerprint density at radius 1 is 1.21 bits per heavy atom. The van der Waals surface area contributed by atoms with Gasteiger partial charge >= 0.3 is 5.97 Å². The highest BCUT2D eigenvalue weighted by atomic mass is 16.7. The molecule has 4 nitrogen and oxygen atoms in total. The van der Waals surface area contributed by atoms with Crippen molar-refractivity contribution >= 4 is 5.97 Å². The lowest BCUT2D eigenvalue weighted by Crippen LogP contribution is -2.62. The predicted molar refractivity (Wildman–Crippen MR) is 89.7 cm³/mol. The summed E-state index contributed by atoms with van der Waals surface area (Å²) in [6.45, 7) is 8.98. The minimum Gasteiger partial charge on any atom is -0.426 e. The third-order valence-corrected chi connectivity index (χ3v) is 8.20. The first kappa shape index (κ1) is 16.6. The zero-order chi connectivity index (χ0) is 17.5. The highest BCUT2D eigenvalue weighted by Gasteiger charge is 2.64. The lowest BCUT2D eigenvalue weighted by molar-refractivity contribution is -0.236. The molecule has 0 bridgehead atoms. The van der Waals surface area contributed by atoms with E-state index in [1.165, 1.54) is 6.08 Å². The van der Waals surface area contributed by atoms with Gasteiger partial charge in [-0.15, -0.1) is 0 Å². The van der Waals surface area contributed by atoms with E-state index < -0.39 is 11.8 Å². The Bertz CT molecular complexity index is 609. The van der Waals surface area contributed by atoms with Gasteiger partial charge in [-0.1, -0.05) is 27.7 Å². The fourth-order valence-corrected chi connectivity index (χ4v) is 6.94.